The third kappa shape index (κ3) is 4.17. The first-order valence-electron chi connectivity index (χ1n) is 7.49. The third-order valence-electron chi connectivity index (χ3n) is 3.31. The molecule has 0 aliphatic heterocycles. The summed E-state index contributed by atoms with van der Waals surface area (Å²) in [4.78, 5) is 21.8. The van der Waals surface area contributed by atoms with Crippen molar-refractivity contribution in [3.05, 3.63) is 58.6 Å². The standard InChI is InChI=1S/C16H14ClFN4O4/c1-9-19-14(21-26-9)6-22(2)16(23)12-7-25-15(20-12)8-24-13-4-3-10(18)5-11(13)17/h3-5,7H,6,8H2,1-2H3. The number of halogens is 2. The first kappa shape index (κ1) is 17.9. The SMILES string of the molecule is Cc1nc(CN(C)C(=O)c2coc(COc3ccc(F)cc3Cl)n2)no1. The van der Waals surface area contributed by atoms with Gasteiger partial charge >= 0.3 is 0 Å². The van der Waals surface area contributed by atoms with Crippen LogP contribution in [0.4, 0.5) is 4.39 Å². The molecule has 0 spiro atoms. The van der Waals surface area contributed by atoms with Crippen LogP contribution in [0, 0.1) is 12.7 Å². The van der Waals surface area contributed by atoms with Gasteiger partial charge in [0.05, 0.1) is 11.6 Å². The van der Waals surface area contributed by atoms with Crippen LogP contribution < -0.4 is 4.74 Å². The Balaban J connectivity index is 1.60. The maximum atomic E-state index is 13.0. The molecular formula is C16H14ClFN4O4. The Morgan fingerprint density at radius 1 is 1.38 bits per heavy atom. The maximum absolute atomic E-state index is 13.0. The summed E-state index contributed by atoms with van der Waals surface area (Å²) < 4.78 is 28.5. The summed E-state index contributed by atoms with van der Waals surface area (Å²) in [5.41, 5.74) is 0.108. The fourth-order valence-corrected chi connectivity index (χ4v) is 2.31. The molecule has 26 heavy (non-hydrogen) atoms. The van der Waals surface area contributed by atoms with Crippen molar-refractivity contribution in [2.75, 3.05) is 7.05 Å². The van der Waals surface area contributed by atoms with Crippen molar-refractivity contribution in [1.82, 2.24) is 20.0 Å². The molecule has 3 rings (SSSR count). The van der Waals surface area contributed by atoms with Gasteiger partial charge in [0.1, 0.15) is 17.8 Å². The molecule has 0 bridgehead atoms. The summed E-state index contributed by atoms with van der Waals surface area (Å²) in [6.45, 7) is 1.77. The van der Waals surface area contributed by atoms with E-state index in [9.17, 15) is 9.18 Å². The number of oxazole rings is 1. The van der Waals surface area contributed by atoms with E-state index >= 15 is 0 Å². The molecule has 1 amide bonds. The minimum Gasteiger partial charge on any atom is -0.482 e. The van der Waals surface area contributed by atoms with Crippen molar-refractivity contribution in [1.29, 1.82) is 0 Å². The number of rotatable bonds is 6. The average Bonchev–Trinajstić information content (AvgIpc) is 3.22. The van der Waals surface area contributed by atoms with E-state index in [-0.39, 0.29) is 41.4 Å². The second-order valence-corrected chi connectivity index (χ2v) is 5.79. The zero-order valence-corrected chi connectivity index (χ0v) is 14.7. The lowest BCUT2D eigenvalue weighted by atomic mass is 10.3. The van der Waals surface area contributed by atoms with Crippen LogP contribution in [0.15, 0.2) is 33.4 Å². The lowest BCUT2D eigenvalue weighted by molar-refractivity contribution is 0.0774. The first-order chi connectivity index (χ1) is 12.4. The number of aromatic nitrogens is 3. The molecule has 0 fully saturated rings. The van der Waals surface area contributed by atoms with Gasteiger partial charge in [0.15, 0.2) is 18.1 Å². The monoisotopic (exact) mass is 380 g/mol. The Hall–Kier alpha value is -2.94. The maximum Gasteiger partial charge on any atom is 0.275 e. The van der Waals surface area contributed by atoms with E-state index in [0.717, 1.165) is 6.07 Å². The van der Waals surface area contributed by atoms with Gasteiger partial charge in [-0.25, -0.2) is 9.37 Å². The van der Waals surface area contributed by atoms with Crippen LogP contribution in [-0.2, 0) is 13.2 Å². The van der Waals surface area contributed by atoms with Crippen molar-refractivity contribution < 1.29 is 22.9 Å². The van der Waals surface area contributed by atoms with Gasteiger partial charge in [0.2, 0.25) is 11.8 Å². The number of hydrogen-bond acceptors (Lipinski definition) is 7. The molecule has 0 saturated heterocycles. The minimum absolute atomic E-state index is 0.0631. The first-order valence-corrected chi connectivity index (χ1v) is 7.87. The van der Waals surface area contributed by atoms with Gasteiger partial charge in [-0.15, -0.1) is 0 Å². The van der Waals surface area contributed by atoms with Gasteiger partial charge in [-0.05, 0) is 18.2 Å². The molecule has 0 atom stereocenters. The number of benzene rings is 1. The highest BCUT2D eigenvalue weighted by molar-refractivity contribution is 6.32. The Kier molecular flexibility index (Phi) is 5.17. The molecule has 0 aliphatic rings. The van der Waals surface area contributed by atoms with Crippen LogP contribution in [0.2, 0.25) is 5.02 Å². The molecule has 0 saturated carbocycles. The van der Waals surface area contributed by atoms with Gasteiger partial charge in [-0.1, -0.05) is 16.8 Å². The molecular weight excluding hydrogens is 367 g/mol. The smallest absolute Gasteiger partial charge is 0.275 e. The molecule has 10 heteroatoms. The summed E-state index contributed by atoms with van der Waals surface area (Å²) in [6, 6.07) is 3.75. The lowest BCUT2D eigenvalue weighted by Gasteiger charge is -2.12. The van der Waals surface area contributed by atoms with Gasteiger partial charge in [0, 0.05) is 14.0 Å². The number of aryl methyl sites for hydroxylation is 1. The van der Waals surface area contributed by atoms with Crippen molar-refractivity contribution in [3.8, 4) is 5.75 Å². The molecule has 0 unspecified atom stereocenters. The van der Waals surface area contributed by atoms with Gasteiger partial charge in [-0.3, -0.25) is 4.79 Å². The number of ether oxygens (including phenoxy) is 1. The molecule has 2 aromatic heterocycles. The van der Waals surface area contributed by atoms with Crippen molar-refractivity contribution in [2.24, 2.45) is 0 Å². The van der Waals surface area contributed by atoms with E-state index < -0.39 is 5.82 Å². The number of hydrogen-bond donors (Lipinski definition) is 0. The predicted octanol–water partition coefficient (Wildman–Crippen LogP) is 3.01. The number of amides is 1. The quantitative estimate of drug-likeness (QED) is 0.648. The van der Waals surface area contributed by atoms with E-state index in [0.29, 0.717) is 11.7 Å². The van der Waals surface area contributed by atoms with E-state index in [1.807, 2.05) is 0 Å². The number of carbonyl (C=O) groups is 1. The van der Waals surface area contributed by atoms with Crippen LogP contribution in [-0.4, -0.2) is 33.0 Å². The van der Waals surface area contributed by atoms with Crippen LogP contribution in [0.1, 0.15) is 28.1 Å². The van der Waals surface area contributed by atoms with Gasteiger partial charge < -0.3 is 18.6 Å². The summed E-state index contributed by atoms with van der Waals surface area (Å²) in [5, 5.41) is 3.86. The Morgan fingerprint density at radius 3 is 2.88 bits per heavy atom. The van der Waals surface area contributed by atoms with Gasteiger partial charge in [0.25, 0.3) is 5.91 Å². The van der Waals surface area contributed by atoms with Gasteiger partial charge in [-0.2, -0.15) is 4.98 Å². The van der Waals surface area contributed by atoms with Crippen LogP contribution in [0.5, 0.6) is 5.75 Å². The van der Waals surface area contributed by atoms with Crippen LogP contribution in [0.3, 0.4) is 0 Å². The van der Waals surface area contributed by atoms with E-state index in [2.05, 4.69) is 15.1 Å². The van der Waals surface area contributed by atoms with E-state index in [4.69, 9.17) is 25.3 Å². The van der Waals surface area contributed by atoms with Crippen LogP contribution >= 0.6 is 11.6 Å². The van der Waals surface area contributed by atoms with Crippen molar-refractivity contribution >= 4 is 17.5 Å². The Labute approximate surface area is 152 Å². The summed E-state index contributed by atoms with van der Waals surface area (Å²) in [5.74, 6) is 0.423. The predicted molar refractivity (Wildman–Crippen MR) is 87.1 cm³/mol. The summed E-state index contributed by atoms with van der Waals surface area (Å²) in [7, 11) is 1.58. The highest BCUT2D eigenvalue weighted by atomic mass is 35.5. The molecule has 3 aromatic rings. The Bertz CT molecular complexity index is 927. The molecule has 136 valence electrons. The average molecular weight is 381 g/mol. The van der Waals surface area contributed by atoms with Crippen LogP contribution in [0.25, 0.3) is 0 Å². The fraction of sp³-hybridized carbons (Fsp3) is 0.250. The zero-order valence-electron chi connectivity index (χ0n) is 13.9. The largest absolute Gasteiger partial charge is 0.482 e. The van der Waals surface area contributed by atoms with Crippen molar-refractivity contribution in [3.63, 3.8) is 0 Å². The minimum atomic E-state index is -0.466. The number of nitrogens with zero attached hydrogens (tertiary/aromatic N) is 4. The lowest BCUT2D eigenvalue weighted by Crippen LogP contribution is -2.27. The Morgan fingerprint density at radius 2 is 2.19 bits per heavy atom. The molecule has 0 radical (unpaired) electrons. The summed E-state index contributed by atoms with van der Waals surface area (Å²) in [6.07, 6.45) is 1.23. The molecule has 8 nitrogen and oxygen atoms in total. The molecule has 0 N–H and O–H groups in total. The zero-order chi connectivity index (χ0) is 18.7. The summed E-state index contributed by atoms with van der Waals surface area (Å²) >= 11 is 5.88. The van der Waals surface area contributed by atoms with Crippen molar-refractivity contribution in [2.45, 2.75) is 20.1 Å². The van der Waals surface area contributed by atoms with E-state index in [1.165, 1.54) is 23.3 Å². The topological polar surface area (TPSA) is 94.5 Å². The number of carbonyl (C=O) groups excluding carboxylic acids is 1. The second kappa shape index (κ2) is 7.52. The molecule has 2 heterocycles. The van der Waals surface area contributed by atoms with E-state index in [1.54, 1.807) is 14.0 Å². The highest BCUT2D eigenvalue weighted by Crippen LogP contribution is 2.25. The highest BCUT2D eigenvalue weighted by Gasteiger charge is 2.19. The molecule has 1 aromatic carbocycles. The molecule has 0 aliphatic carbocycles. The third-order valence-corrected chi connectivity index (χ3v) is 3.61. The normalized spacial score (nSPS) is 10.8. The second-order valence-electron chi connectivity index (χ2n) is 5.38. The fourth-order valence-electron chi connectivity index (χ4n) is 2.09.